The number of Topliss-reactive ketones (excluding diaryl/α,β-unsaturated/α-hetero) is 2. The van der Waals surface area contributed by atoms with Crippen LogP contribution in [0.2, 0.25) is 0 Å². The van der Waals surface area contributed by atoms with Crippen LogP contribution in [0.25, 0.3) is 0 Å². The lowest BCUT2D eigenvalue weighted by molar-refractivity contribution is -0.118. The van der Waals surface area contributed by atoms with E-state index in [1.165, 1.54) is 0 Å². The molecule has 2 aromatic carbocycles. The molecule has 2 N–H and O–H groups in total. The van der Waals surface area contributed by atoms with Crippen molar-refractivity contribution < 1.29 is 9.59 Å². The predicted octanol–water partition coefficient (Wildman–Crippen LogP) is 4.53. The quantitative estimate of drug-likeness (QED) is 0.433. The highest BCUT2D eigenvalue weighted by Crippen LogP contribution is 2.17. The highest BCUT2D eigenvalue weighted by molar-refractivity contribution is 5.98. The van der Waals surface area contributed by atoms with E-state index in [0.717, 1.165) is 35.1 Å². The summed E-state index contributed by atoms with van der Waals surface area (Å²) in [4.78, 5) is 28.9. The Morgan fingerprint density at radius 1 is 0.966 bits per heavy atom. The van der Waals surface area contributed by atoms with Gasteiger partial charge in [0, 0.05) is 42.9 Å². The highest BCUT2D eigenvalue weighted by Gasteiger charge is 2.10. The smallest absolute Gasteiger partial charge is 0.167 e. The SMILES string of the molecule is Cc1ccc(CC(=O)c2ccc(CC(=O)CCCc3cccnc3)cc2)c(N)c1. The number of carbonyl (C=O) groups is 2. The number of rotatable bonds is 9. The number of benzene rings is 2. The summed E-state index contributed by atoms with van der Waals surface area (Å²) in [6.07, 6.45) is 6.48. The molecule has 1 aromatic heterocycles. The van der Waals surface area contributed by atoms with Gasteiger partial charge in [0.05, 0.1) is 0 Å². The van der Waals surface area contributed by atoms with E-state index in [9.17, 15) is 9.59 Å². The van der Waals surface area contributed by atoms with Gasteiger partial charge in [0.2, 0.25) is 0 Å². The molecule has 148 valence electrons. The summed E-state index contributed by atoms with van der Waals surface area (Å²) in [6, 6.07) is 17.0. The lowest BCUT2D eigenvalue weighted by Gasteiger charge is -2.07. The van der Waals surface area contributed by atoms with Gasteiger partial charge in [-0.1, -0.05) is 42.5 Å². The van der Waals surface area contributed by atoms with Crippen molar-refractivity contribution in [2.75, 3.05) is 5.73 Å². The summed E-state index contributed by atoms with van der Waals surface area (Å²) < 4.78 is 0. The Balaban J connectivity index is 1.50. The second-order valence-corrected chi connectivity index (χ2v) is 7.43. The Hall–Kier alpha value is -3.27. The van der Waals surface area contributed by atoms with Crippen molar-refractivity contribution in [3.05, 3.63) is 94.8 Å². The zero-order valence-corrected chi connectivity index (χ0v) is 16.7. The first-order valence-electron chi connectivity index (χ1n) is 9.89. The van der Waals surface area contributed by atoms with Crippen LogP contribution in [0.5, 0.6) is 0 Å². The number of nitrogens with two attached hydrogens (primary N) is 1. The topological polar surface area (TPSA) is 73.0 Å². The molecule has 0 fully saturated rings. The van der Waals surface area contributed by atoms with Crippen molar-refractivity contribution >= 4 is 17.3 Å². The van der Waals surface area contributed by atoms with E-state index in [-0.39, 0.29) is 18.0 Å². The summed E-state index contributed by atoms with van der Waals surface area (Å²) in [5.41, 5.74) is 11.3. The van der Waals surface area contributed by atoms with Crippen LogP contribution in [0, 0.1) is 6.92 Å². The van der Waals surface area contributed by atoms with Crippen LogP contribution in [-0.2, 0) is 24.1 Å². The number of aromatic nitrogens is 1. The summed E-state index contributed by atoms with van der Waals surface area (Å²) >= 11 is 0. The number of aryl methyl sites for hydroxylation is 2. The molecule has 0 aliphatic heterocycles. The minimum absolute atomic E-state index is 0.0231. The van der Waals surface area contributed by atoms with E-state index in [1.807, 2.05) is 55.6 Å². The number of pyridine rings is 1. The number of carbonyl (C=O) groups excluding carboxylic acids is 2. The van der Waals surface area contributed by atoms with Gasteiger partial charge in [-0.15, -0.1) is 0 Å². The minimum atomic E-state index is 0.0231. The fourth-order valence-corrected chi connectivity index (χ4v) is 3.31. The Labute approximate surface area is 171 Å². The van der Waals surface area contributed by atoms with Crippen LogP contribution in [0.15, 0.2) is 67.0 Å². The van der Waals surface area contributed by atoms with E-state index in [0.29, 0.717) is 24.1 Å². The summed E-state index contributed by atoms with van der Waals surface area (Å²) in [5.74, 6) is 0.232. The molecule has 0 spiro atoms. The number of hydrogen-bond acceptors (Lipinski definition) is 4. The maximum Gasteiger partial charge on any atom is 0.167 e. The molecule has 0 aliphatic carbocycles. The van der Waals surface area contributed by atoms with Crippen molar-refractivity contribution in [2.45, 2.75) is 39.0 Å². The molecule has 0 atom stereocenters. The second-order valence-electron chi connectivity index (χ2n) is 7.43. The zero-order chi connectivity index (χ0) is 20.6. The Morgan fingerprint density at radius 3 is 2.45 bits per heavy atom. The molecule has 4 heteroatoms. The first-order chi connectivity index (χ1) is 14.0. The normalized spacial score (nSPS) is 10.7. The van der Waals surface area contributed by atoms with E-state index in [4.69, 9.17) is 5.73 Å². The molecule has 0 saturated heterocycles. The summed E-state index contributed by atoms with van der Waals surface area (Å²) in [6.45, 7) is 1.97. The Bertz CT molecular complexity index is 979. The number of ketones is 2. The predicted molar refractivity (Wildman–Crippen MR) is 116 cm³/mol. The van der Waals surface area contributed by atoms with Crippen molar-refractivity contribution in [1.82, 2.24) is 4.98 Å². The fourth-order valence-electron chi connectivity index (χ4n) is 3.31. The van der Waals surface area contributed by atoms with E-state index >= 15 is 0 Å². The van der Waals surface area contributed by atoms with E-state index < -0.39 is 0 Å². The first-order valence-corrected chi connectivity index (χ1v) is 9.89. The average Bonchev–Trinajstić information content (AvgIpc) is 2.71. The van der Waals surface area contributed by atoms with Gasteiger partial charge in [0.1, 0.15) is 5.78 Å². The van der Waals surface area contributed by atoms with Gasteiger partial charge in [-0.25, -0.2) is 0 Å². The van der Waals surface area contributed by atoms with Gasteiger partial charge >= 0.3 is 0 Å². The molecule has 3 rings (SSSR count). The summed E-state index contributed by atoms with van der Waals surface area (Å²) in [5, 5.41) is 0. The van der Waals surface area contributed by atoms with Gasteiger partial charge in [-0.3, -0.25) is 14.6 Å². The molecular formula is C25H26N2O2. The molecule has 0 bridgehead atoms. The zero-order valence-electron chi connectivity index (χ0n) is 16.7. The average molecular weight is 386 g/mol. The second kappa shape index (κ2) is 9.78. The highest BCUT2D eigenvalue weighted by atomic mass is 16.1. The van der Waals surface area contributed by atoms with Gasteiger partial charge in [-0.2, -0.15) is 0 Å². The Kier molecular flexibility index (Phi) is 6.90. The minimum Gasteiger partial charge on any atom is -0.398 e. The molecular weight excluding hydrogens is 360 g/mol. The number of anilines is 1. The Morgan fingerprint density at radius 2 is 1.76 bits per heavy atom. The van der Waals surface area contributed by atoms with Crippen molar-refractivity contribution in [3.63, 3.8) is 0 Å². The largest absolute Gasteiger partial charge is 0.398 e. The lowest BCUT2D eigenvalue weighted by atomic mass is 9.98. The van der Waals surface area contributed by atoms with Crippen LogP contribution in [0.4, 0.5) is 5.69 Å². The molecule has 1 heterocycles. The van der Waals surface area contributed by atoms with Crippen molar-refractivity contribution in [3.8, 4) is 0 Å². The van der Waals surface area contributed by atoms with Gasteiger partial charge in [0.15, 0.2) is 5.78 Å². The molecule has 0 saturated carbocycles. The van der Waals surface area contributed by atoms with Gasteiger partial charge in [-0.05, 0) is 54.2 Å². The molecule has 0 unspecified atom stereocenters. The molecule has 29 heavy (non-hydrogen) atoms. The fraction of sp³-hybridized carbons (Fsp3) is 0.240. The van der Waals surface area contributed by atoms with Gasteiger partial charge in [0.25, 0.3) is 0 Å². The lowest BCUT2D eigenvalue weighted by Crippen LogP contribution is -2.07. The third kappa shape index (κ3) is 6.11. The number of nitrogen functional groups attached to an aromatic ring is 1. The summed E-state index contributed by atoms with van der Waals surface area (Å²) in [7, 11) is 0. The maximum absolute atomic E-state index is 12.5. The monoisotopic (exact) mass is 386 g/mol. The van der Waals surface area contributed by atoms with Crippen LogP contribution in [0.3, 0.4) is 0 Å². The third-order valence-corrected chi connectivity index (χ3v) is 4.97. The van der Waals surface area contributed by atoms with E-state index in [1.54, 1.807) is 18.3 Å². The van der Waals surface area contributed by atoms with E-state index in [2.05, 4.69) is 4.98 Å². The van der Waals surface area contributed by atoms with Crippen LogP contribution in [-0.4, -0.2) is 16.6 Å². The molecule has 0 radical (unpaired) electrons. The molecule has 0 aliphatic rings. The number of nitrogens with zero attached hydrogens (tertiary/aromatic N) is 1. The maximum atomic E-state index is 12.5. The molecule has 3 aromatic rings. The third-order valence-electron chi connectivity index (χ3n) is 4.97. The van der Waals surface area contributed by atoms with Crippen LogP contribution >= 0.6 is 0 Å². The van der Waals surface area contributed by atoms with Crippen LogP contribution < -0.4 is 5.73 Å². The van der Waals surface area contributed by atoms with Crippen molar-refractivity contribution in [1.29, 1.82) is 0 Å². The molecule has 0 amide bonds. The first kappa shape index (κ1) is 20.5. The van der Waals surface area contributed by atoms with Crippen LogP contribution in [0.1, 0.15) is 45.5 Å². The molecule has 4 nitrogen and oxygen atoms in total. The number of hydrogen-bond donors (Lipinski definition) is 1. The van der Waals surface area contributed by atoms with Crippen molar-refractivity contribution in [2.24, 2.45) is 0 Å². The van der Waals surface area contributed by atoms with Gasteiger partial charge < -0.3 is 5.73 Å². The standard InChI is InChI=1S/C25H26N2O2/c1-18-7-10-22(24(26)14-18)16-25(29)21-11-8-19(9-12-21)15-23(28)6-2-4-20-5-3-13-27-17-20/h3,5,7-14,17H,2,4,6,15-16,26H2,1H3.